The van der Waals surface area contributed by atoms with Crippen LogP contribution in [0, 0.1) is 13.8 Å². The maximum atomic E-state index is 13.7. The number of H-pyrrole nitrogens is 1. The third kappa shape index (κ3) is 4.22. The first-order valence-electron chi connectivity index (χ1n) is 10.2. The van der Waals surface area contributed by atoms with Crippen LogP contribution in [0.5, 0.6) is 0 Å². The number of aromatic amines is 1. The third-order valence-corrected chi connectivity index (χ3v) is 6.15. The van der Waals surface area contributed by atoms with E-state index in [0.29, 0.717) is 29.9 Å². The number of methoxy groups -OCH3 is 1. The number of likely N-dealkylation sites (tertiary alicyclic amines) is 1. The highest BCUT2D eigenvalue weighted by Crippen LogP contribution is 2.40. The summed E-state index contributed by atoms with van der Waals surface area (Å²) in [5.74, 6) is -2.67. The molecule has 0 aliphatic carbocycles. The highest BCUT2D eigenvalue weighted by molar-refractivity contribution is 9.10. The van der Waals surface area contributed by atoms with Crippen LogP contribution in [0.3, 0.4) is 0 Å². The molecule has 1 fully saturated rings. The number of esters is 1. The molecule has 1 aromatic carbocycles. The van der Waals surface area contributed by atoms with Gasteiger partial charge >= 0.3 is 5.97 Å². The second kappa shape index (κ2) is 9.30. The SMILES string of the molecule is COC(=O)c1[nH]c(C)c(C([O-])=C2C(=O)C(=O)N(CC[NH+](C)C)C2c2ccc(Br)cc2)c1C. The van der Waals surface area contributed by atoms with Gasteiger partial charge in [-0.2, -0.15) is 0 Å². The molecular formula is C23H26BrN3O5. The molecule has 0 radical (unpaired) electrons. The van der Waals surface area contributed by atoms with Crippen LogP contribution in [-0.2, 0) is 14.3 Å². The molecule has 0 saturated carbocycles. The van der Waals surface area contributed by atoms with Gasteiger partial charge in [0.05, 0.1) is 40.3 Å². The number of rotatable bonds is 6. The van der Waals surface area contributed by atoms with Crippen molar-refractivity contribution in [3.05, 3.63) is 62.4 Å². The predicted molar refractivity (Wildman–Crippen MR) is 120 cm³/mol. The van der Waals surface area contributed by atoms with Gasteiger partial charge in [0.1, 0.15) is 5.69 Å². The van der Waals surface area contributed by atoms with Crippen molar-refractivity contribution < 1.29 is 29.1 Å². The summed E-state index contributed by atoms with van der Waals surface area (Å²) in [6, 6.07) is 6.40. The Hall–Kier alpha value is -2.91. The molecule has 1 aliphatic heterocycles. The van der Waals surface area contributed by atoms with E-state index in [4.69, 9.17) is 4.74 Å². The molecule has 1 atom stereocenters. The number of ketones is 1. The minimum absolute atomic E-state index is 0.104. The maximum Gasteiger partial charge on any atom is 0.354 e. The van der Waals surface area contributed by atoms with Gasteiger partial charge in [0.25, 0.3) is 5.91 Å². The molecular weight excluding hydrogens is 478 g/mol. The number of Topliss-reactive ketones (excluding diaryl/α,β-unsaturated/α-hetero) is 1. The minimum Gasteiger partial charge on any atom is -0.872 e. The number of likely N-dealkylation sites (N-methyl/N-ethyl adjacent to an activating group) is 1. The average molecular weight is 504 g/mol. The van der Waals surface area contributed by atoms with E-state index >= 15 is 0 Å². The summed E-state index contributed by atoms with van der Waals surface area (Å²) >= 11 is 3.39. The zero-order valence-electron chi connectivity index (χ0n) is 18.7. The quantitative estimate of drug-likeness (QED) is 0.259. The summed E-state index contributed by atoms with van der Waals surface area (Å²) in [4.78, 5) is 43.5. The molecule has 1 aromatic heterocycles. The summed E-state index contributed by atoms with van der Waals surface area (Å²) in [5.41, 5.74) is 1.75. The Kier molecular flexibility index (Phi) is 6.90. The summed E-state index contributed by atoms with van der Waals surface area (Å²) in [6.07, 6.45) is 0. The Balaban J connectivity index is 2.21. The molecule has 0 spiro atoms. The van der Waals surface area contributed by atoms with E-state index in [1.54, 1.807) is 26.0 Å². The van der Waals surface area contributed by atoms with Crippen LogP contribution >= 0.6 is 15.9 Å². The first-order valence-corrected chi connectivity index (χ1v) is 11.0. The van der Waals surface area contributed by atoms with Crippen molar-refractivity contribution in [2.75, 3.05) is 34.3 Å². The molecule has 2 aromatic rings. The van der Waals surface area contributed by atoms with E-state index in [1.165, 1.54) is 12.0 Å². The number of hydrogen-bond acceptors (Lipinski definition) is 5. The van der Waals surface area contributed by atoms with Crippen LogP contribution in [0.1, 0.15) is 38.9 Å². The lowest BCUT2D eigenvalue weighted by atomic mass is 9.94. The lowest BCUT2D eigenvalue weighted by molar-refractivity contribution is -0.857. The van der Waals surface area contributed by atoms with E-state index < -0.39 is 29.5 Å². The van der Waals surface area contributed by atoms with Crippen molar-refractivity contribution in [3.63, 3.8) is 0 Å². The van der Waals surface area contributed by atoms with Gasteiger partial charge in [-0.15, -0.1) is 0 Å². The number of hydrogen-bond donors (Lipinski definition) is 2. The van der Waals surface area contributed by atoms with Crippen LogP contribution in [0.15, 0.2) is 34.3 Å². The standard InChI is InChI=1S/C23H26BrN3O5/c1-12-16(13(2)25-18(12)23(31)32-5)20(28)17-19(14-6-8-15(24)9-7-14)27(11-10-26(3)4)22(30)21(17)29/h6-9,19,25,28H,10-11H2,1-5H3. The number of quaternary nitrogens is 1. The van der Waals surface area contributed by atoms with E-state index in [0.717, 1.165) is 9.37 Å². The Morgan fingerprint density at radius 3 is 2.41 bits per heavy atom. The minimum atomic E-state index is -0.809. The van der Waals surface area contributed by atoms with Crippen LogP contribution < -0.4 is 10.0 Å². The van der Waals surface area contributed by atoms with Crippen molar-refractivity contribution in [3.8, 4) is 0 Å². The number of benzene rings is 1. The Bertz CT molecular complexity index is 1100. The van der Waals surface area contributed by atoms with E-state index in [9.17, 15) is 19.5 Å². The van der Waals surface area contributed by atoms with Crippen LogP contribution in [0.4, 0.5) is 0 Å². The number of nitrogens with one attached hydrogen (secondary N) is 2. The lowest BCUT2D eigenvalue weighted by Crippen LogP contribution is -3.06. The van der Waals surface area contributed by atoms with Gasteiger partial charge in [-0.1, -0.05) is 33.8 Å². The van der Waals surface area contributed by atoms with E-state index in [2.05, 4.69) is 20.9 Å². The molecule has 2 heterocycles. The van der Waals surface area contributed by atoms with Crippen LogP contribution in [0.2, 0.25) is 0 Å². The zero-order chi connectivity index (χ0) is 23.7. The molecule has 3 rings (SSSR count). The fraction of sp³-hybridized carbons (Fsp3) is 0.348. The maximum absolute atomic E-state index is 13.7. The lowest BCUT2D eigenvalue weighted by Gasteiger charge is -2.28. The Morgan fingerprint density at radius 2 is 1.84 bits per heavy atom. The number of aryl methyl sites for hydroxylation is 1. The predicted octanol–water partition coefficient (Wildman–Crippen LogP) is 0.549. The molecule has 8 nitrogen and oxygen atoms in total. The number of ether oxygens (including phenoxy) is 1. The first kappa shape index (κ1) is 23.7. The van der Waals surface area contributed by atoms with Crippen LogP contribution in [-0.4, -0.2) is 61.8 Å². The molecule has 0 bridgehead atoms. The molecule has 170 valence electrons. The van der Waals surface area contributed by atoms with Crippen molar-refractivity contribution in [1.82, 2.24) is 9.88 Å². The molecule has 1 saturated heterocycles. The average Bonchev–Trinajstić information content (AvgIpc) is 3.18. The second-order valence-corrected chi connectivity index (χ2v) is 9.01. The fourth-order valence-corrected chi connectivity index (χ4v) is 4.23. The fourth-order valence-electron chi connectivity index (χ4n) is 3.97. The molecule has 2 N–H and O–H groups in total. The van der Waals surface area contributed by atoms with Crippen molar-refractivity contribution in [2.24, 2.45) is 0 Å². The highest BCUT2D eigenvalue weighted by Gasteiger charge is 2.44. The normalized spacial score (nSPS) is 18.0. The molecule has 32 heavy (non-hydrogen) atoms. The zero-order valence-corrected chi connectivity index (χ0v) is 20.3. The molecule has 1 aliphatic rings. The van der Waals surface area contributed by atoms with E-state index in [1.807, 2.05) is 26.2 Å². The first-order chi connectivity index (χ1) is 15.1. The van der Waals surface area contributed by atoms with Crippen molar-refractivity contribution >= 4 is 39.3 Å². The van der Waals surface area contributed by atoms with Gasteiger partial charge in [-0.3, -0.25) is 9.59 Å². The summed E-state index contributed by atoms with van der Waals surface area (Å²) in [5, 5.41) is 13.7. The smallest absolute Gasteiger partial charge is 0.354 e. The van der Waals surface area contributed by atoms with Crippen molar-refractivity contribution in [1.29, 1.82) is 0 Å². The second-order valence-electron chi connectivity index (χ2n) is 8.10. The number of nitrogens with zero attached hydrogens (tertiary/aromatic N) is 1. The van der Waals surface area contributed by atoms with Gasteiger partial charge in [-0.05, 0) is 42.7 Å². The summed E-state index contributed by atoms with van der Waals surface area (Å²) in [7, 11) is 5.16. The van der Waals surface area contributed by atoms with Crippen LogP contribution in [0.25, 0.3) is 5.76 Å². The Labute approximate surface area is 195 Å². The topological polar surface area (TPSA) is 107 Å². The summed E-state index contributed by atoms with van der Waals surface area (Å²) in [6.45, 7) is 4.20. The van der Waals surface area contributed by atoms with E-state index in [-0.39, 0.29) is 16.8 Å². The molecule has 1 amide bonds. The number of carbonyl (C=O) groups excluding carboxylic acids is 3. The van der Waals surface area contributed by atoms with Gasteiger partial charge in [0, 0.05) is 15.7 Å². The number of halogens is 1. The van der Waals surface area contributed by atoms with Gasteiger partial charge in [-0.25, -0.2) is 4.79 Å². The number of amides is 1. The number of aromatic nitrogens is 1. The molecule has 1 unspecified atom stereocenters. The van der Waals surface area contributed by atoms with Gasteiger partial charge in [0.2, 0.25) is 5.78 Å². The largest absolute Gasteiger partial charge is 0.872 e. The Morgan fingerprint density at radius 1 is 1.22 bits per heavy atom. The monoisotopic (exact) mass is 503 g/mol. The van der Waals surface area contributed by atoms with Gasteiger partial charge < -0.3 is 24.6 Å². The summed E-state index contributed by atoms with van der Waals surface area (Å²) < 4.78 is 5.62. The van der Waals surface area contributed by atoms with Crippen molar-refractivity contribution in [2.45, 2.75) is 19.9 Å². The highest BCUT2D eigenvalue weighted by atomic mass is 79.9. The molecule has 9 heteroatoms. The number of carbonyl (C=O) groups is 3. The van der Waals surface area contributed by atoms with Gasteiger partial charge in [0.15, 0.2) is 0 Å². The third-order valence-electron chi connectivity index (χ3n) is 5.62.